The van der Waals surface area contributed by atoms with Gasteiger partial charge in [0.15, 0.2) is 0 Å². The highest BCUT2D eigenvalue weighted by Gasteiger charge is 2.09. The van der Waals surface area contributed by atoms with Gasteiger partial charge in [0.25, 0.3) is 0 Å². The molecular weight excluding hydrogens is 302 g/mol. The van der Waals surface area contributed by atoms with E-state index in [9.17, 15) is 4.79 Å². The Morgan fingerprint density at radius 1 is 1.39 bits per heavy atom. The van der Waals surface area contributed by atoms with Crippen LogP contribution in [0.3, 0.4) is 0 Å². The second kappa shape index (κ2) is 8.07. The third kappa shape index (κ3) is 5.03. The fourth-order valence-electron chi connectivity index (χ4n) is 1.35. The number of ether oxygens (including phenoxy) is 2. The number of anilines is 1. The molecule has 0 saturated heterocycles. The van der Waals surface area contributed by atoms with Gasteiger partial charge in [-0.1, -0.05) is 15.9 Å². The summed E-state index contributed by atoms with van der Waals surface area (Å²) in [6.45, 7) is 2.13. The van der Waals surface area contributed by atoms with E-state index >= 15 is 0 Å². The molecular formula is C12H16BrNO4. The second-order valence-electron chi connectivity index (χ2n) is 3.53. The summed E-state index contributed by atoms with van der Waals surface area (Å²) < 4.78 is 10.9. The fraction of sp³-hybridized carbons (Fsp3) is 0.417. The van der Waals surface area contributed by atoms with Crippen LogP contribution in [0.5, 0.6) is 0 Å². The third-order valence-electron chi connectivity index (χ3n) is 2.21. The number of rotatable bonds is 8. The van der Waals surface area contributed by atoms with E-state index in [0.29, 0.717) is 32.1 Å². The number of carbonyl (C=O) groups is 1. The summed E-state index contributed by atoms with van der Waals surface area (Å²) in [5.41, 5.74) is 0.822. The van der Waals surface area contributed by atoms with Crippen LogP contribution in [0.2, 0.25) is 0 Å². The highest BCUT2D eigenvalue weighted by Crippen LogP contribution is 2.20. The number of aromatic carboxylic acids is 1. The van der Waals surface area contributed by atoms with E-state index in [1.807, 2.05) is 0 Å². The van der Waals surface area contributed by atoms with E-state index in [4.69, 9.17) is 14.6 Å². The molecule has 2 N–H and O–H groups in total. The standard InChI is InChI=1S/C12H16BrNO4/c1-17-6-7-18-5-4-14-11-3-2-9(13)8-10(11)12(15)16/h2-3,8,14H,4-7H2,1H3,(H,15,16). The van der Waals surface area contributed by atoms with E-state index in [0.717, 1.165) is 4.47 Å². The number of benzene rings is 1. The van der Waals surface area contributed by atoms with Crippen molar-refractivity contribution in [2.45, 2.75) is 0 Å². The molecule has 18 heavy (non-hydrogen) atoms. The van der Waals surface area contributed by atoms with Crippen LogP contribution in [0.15, 0.2) is 22.7 Å². The zero-order valence-corrected chi connectivity index (χ0v) is 11.7. The minimum absolute atomic E-state index is 0.237. The highest BCUT2D eigenvalue weighted by molar-refractivity contribution is 9.10. The van der Waals surface area contributed by atoms with E-state index in [1.165, 1.54) is 0 Å². The molecule has 0 saturated carbocycles. The summed E-state index contributed by atoms with van der Waals surface area (Å²) in [5.74, 6) is -0.959. The number of hydrogen-bond acceptors (Lipinski definition) is 4. The average molecular weight is 318 g/mol. The van der Waals surface area contributed by atoms with E-state index in [1.54, 1.807) is 25.3 Å². The van der Waals surface area contributed by atoms with Crippen LogP contribution in [0.25, 0.3) is 0 Å². The normalized spacial score (nSPS) is 10.3. The zero-order chi connectivity index (χ0) is 13.4. The first-order valence-electron chi connectivity index (χ1n) is 5.48. The van der Waals surface area contributed by atoms with Crippen molar-refractivity contribution in [1.82, 2.24) is 0 Å². The molecule has 0 atom stereocenters. The number of carboxylic acids is 1. The van der Waals surface area contributed by atoms with Crippen LogP contribution in [-0.4, -0.2) is 44.6 Å². The summed E-state index contributed by atoms with van der Waals surface area (Å²) in [6.07, 6.45) is 0. The Morgan fingerprint density at radius 2 is 2.17 bits per heavy atom. The van der Waals surface area contributed by atoms with Gasteiger partial charge in [-0.2, -0.15) is 0 Å². The first-order chi connectivity index (χ1) is 8.65. The van der Waals surface area contributed by atoms with Crippen molar-refractivity contribution in [3.8, 4) is 0 Å². The van der Waals surface area contributed by atoms with Crippen molar-refractivity contribution < 1.29 is 19.4 Å². The maximum Gasteiger partial charge on any atom is 0.337 e. The summed E-state index contributed by atoms with van der Waals surface area (Å²) in [4.78, 5) is 11.0. The summed E-state index contributed by atoms with van der Waals surface area (Å²) in [6, 6.07) is 5.08. The largest absolute Gasteiger partial charge is 0.478 e. The van der Waals surface area contributed by atoms with Crippen LogP contribution < -0.4 is 5.32 Å². The van der Waals surface area contributed by atoms with Crippen molar-refractivity contribution in [3.63, 3.8) is 0 Å². The maximum absolute atomic E-state index is 11.0. The fourth-order valence-corrected chi connectivity index (χ4v) is 1.71. The molecule has 0 fully saturated rings. The lowest BCUT2D eigenvalue weighted by Gasteiger charge is -2.10. The van der Waals surface area contributed by atoms with Crippen LogP contribution in [0, 0.1) is 0 Å². The molecule has 1 aromatic rings. The predicted molar refractivity (Wildman–Crippen MR) is 72.3 cm³/mol. The molecule has 0 aromatic heterocycles. The zero-order valence-electron chi connectivity index (χ0n) is 10.1. The van der Waals surface area contributed by atoms with Gasteiger partial charge in [0, 0.05) is 23.8 Å². The molecule has 6 heteroatoms. The Hall–Kier alpha value is -1.11. The number of carboxylic acid groups (broad SMARTS) is 1. The lowest BCUT2D eigenvalue weighted by atomic mass is 10.2. The SMILES string of the molecule is COCCOCCNc1ccc(Br)cc1C(=O)O. The van der Waals surface area contributed by atoms with Crippen molar-refractivity contribution in [2.75, 3.05) is 38.8 Å². The molecule has 0 unspecified atom stereocenters. The monoisotopic (exact) mass is 317 g/mol. The lowest BCUT2D eigenvalue weighted by Crippen LogP contribution is -2.14. The van der Waals surface area contributed by atoms with Gasteiger partial charge in [-0.3, -0.25) is 0 Å². The van der Waals surface area contributed by atoms with Gasteiger partial charge >= 0.3 is 5.97 Å². The Kier molecular flexibility index (Phi) is 6.70. The molecule has 0 amide bonds. The van der Waals surface area contributed by atoms with Gasteiger partial charge in [-0.25, -0.2) is 4.79 Å². The topological polar surface area (TPSA) is 67.8 Å². The average Bonchev–Trinajstić information content (AvgIpc) is 2.35. The number of halogens is 1. The van der Waals surface area contributed by atoms with Crippen molar-refractivity contribution in [1.29, 1.82) is 0 Å². The van der Waals surface area contributed by atoms with Crippen LogP contribution in [0.4, 0.5) is 5.69 Å². The number of methoxy groups -OCH3 is 1. The van der Waals surface area contributed by atoms with Crippen molar-refractivity contribution in [3.05, 3.63) is 28.2 Å². The Morgan fingerprint density at radius 3 is 2.83 bits per heavy atom. The maximum atomic E-state index is 11.0. The first-order valence-corrected chi connectivity index (χ1v) is 6.28. The van der Waals surface area contributed by atoms with E-state index in [-0.39, 0.29) is 5.56 Å². The Bertz CT molecular complexity index is 398. The molecule has 0 spiro atoms. The molecule has 5 nitrogen and oxygen atoms in total. The van der Waals surface area contributed by atoms with Gasteiger partial charge in [-0.05, 0) is 18.2 Å². The Labute approximate surface area is 114 Å². The molecule has 0 bridgehead atoms. The number of hydrogen-bond donors (Lipinski definition) is 2. The van der Waals surface area contributed by atoms with Gasteiger partial charge < -0.3 is 19.9 Å². The van der Waals surface area contributed by atoms with Gasteiger partial charge in [0.2, 0.25) is 0 Å². The lowest BCUT2D eigenvalue weighted by molar-refractivity contribution is 0.0697. The van der Waals surface area contributed by atoms with Crippen LogP contribution in [-0.2, 0) is 9.47 Å². The predicted octanol–water partition coefficient (Wildman–Crippen LogP) is 2.22. The van der Waals surface area contributed by atoms with Gasteiger partial charge in [-0.15, -0.1) is 0 Å². The summed E-state index contributed by atoms with van der Waals surface area (Å²) in [5, 5.41) is 12.1. The Balaban J connectivity index is 2.44. The third-order valence-corrected chi connectivity index (χ3v) is 2.70. The highest BCUT2D eigenvalue weighted by atomic mass is 79.9. The van der Waals surface area contributed by atoms with Crippen LogP contribution in [0.1, 0.15) is 10.4 Å². The van der Waals surface area contributed by atoms with Crippen molar-refractivity contribution in [2.24, 2.45) is 0 Å². The molecule has 0 aliphatic carbocycles. The van der Waals surface area contributed by atoms with Gasteiger partial charge in [0.05, 0.1) is 25.4 Å². The second-order valence-corrected chi connectivity index (χ2v) is 4.44. The van der Waals surface area contributed by atoms with Crippen LogP contribution >= 0.6 is 15.9 Å². The van der Waals surface area contributed by atoms with Gasteiger partial charge in [0.1, 0.15) is 0 Å². The minimum atomic E-state index is -0.959. The number of nitrogens with one attached hydrogen (secondary N) is 1. The molecule has 0 aliphatic heterocycles. The molecule has 1 rings (SSSR count). The van der Waals surface area contributed by atoms with E-state index in [2.05, 4.69) is 21.2 Å². The van der Waals surface area contributed by atoms with Crippen molar-refractivity contribution >= 4 is 27.6 Å². The van der Waals surface area contributed by atoms with E-state index < -0.39 is 5.97 Å². The molecule has 0 heterocycles. The minimum Gasteiger partial charge on any atom is -0.478 e. The summed E-state index contributed by atoms with van der Waals surface area (Å²) >= 11 is 3.25. The molecule has 1 aromatic carbocycles. The summed E-state index contributed by atoms with van der Waals surface area (Å²) in [7, 11) is 1.61. The molecule has 100 valence electrons. The quantitative estimate of drug-likeness (QED) is 0.720. The first kappa shape index (κ1) is 14.9. The smallest absolute Gasteiger partial charge is 0.337 e. The molecule has 0 radical (unpaired) electrons. The molecule has 0 aliphatic rings.